The molecule has 0 aromatic heterocycles. The van der Waals surface area contributed by atoms with Crippen molar-refractivity contribution >= 4 is 17.4 Å². The molecule has 0 spiro atoms. The highest BCUT2D eigenvalue weighted by Gasteiger charge is 2.13. The molecule has 0 heterocycles. The number of nitrogens with one attached hydrogen (secondary N) is 1. The molecule has 0 aliphatic carbocycles. The second-order valence-corrected chi connectivity index (χ2v) is 4.72. The van der Waals surface area contributed by atoms with Gasteiger partial charge in [0.1, 0.15) is 0 Å². The fourth-order valence-electron chi connectivity index (χ4n) is 1.44. The van der Waals surface area contributed by atoms with Crippen LogP contribution in [0.3, 0.4) is 0 Å². The smallest absolute Gasteiger partial charge is 0.179 e. The van der Waals surface area contributed by atoms with Gasteiger partial charge in [-0.1, -0.05) is 30.3 Å². The predicted molar refractivity (Wildman–Crippen MR) is 68.2 cm³/mol. The molecule has 0 saturated heterocycles. The van der Waals surface area contributed by atoms with Crippen LogP contribution in [-0.2, 0) is 0 Å². The molecule has 2 atom stereocenters. The highest BCUT2D eigenvalue weighted by molar-refractivity contribution is 6.20. The van der Waals surface area contributed by atoms with E-state index in [1.807, 2.05) is 44.2 Å². The van der Waals surface area contributed by atoms with Gasteiger partial charge >= 0.3 is 0 Å². The molecule has 2 nitrogen and oxygen atoms in total. The average molecular weight is 240 g/mol. The summed E-state index contributed by atoms with van der Waals surface area (Å²) in [4.78, 5) is 11.9. The van der Waals surface area contributed by atoms with Gasteiger partial charge in [-0.15, -0.1) is 11.6 Å². The fourth-order valence-corrected chi connectivity index (χ4v) is 1.55. The van der Waals surface area contributed by atoms with Crippen molar-refractivity contribution in [1.29, 1.82) is 0 Å². The van der Waals surface area contributed by atoms with Gasteiger partial charge in [0.05, 0.1) is 6.04 Å². The minimum Gasteiger partial charge on any atom is -0.307 e. The number of hydrogen-bond donors (Lipinski definition) is 1. The molecule has 0 amide bonds. The normalized spacial score (nSPS) is 14.4. The second kappa shape index (κ2) is 6.66. The number of Topliss-reactive ketones (excluding diaryl/α,β-unsaturated/α-hetero) is 1. The van der Waals surface area contributed by atoms with E-state index in [9.17, 15) is 4.79 Å². The molecule has 16 heavy (non-hydrogen) atoms. The zero-order valence-electron chi connectivity index (χ0n) is 9.74. The third-order valence-electron chi connectivity index (χ3n) is 2.44. The SMILES string of the molecule is CC(Cl)CCNC(C)C(=O)c1ccccc1. The maximum absolute atomic E-state index is 11.9. The largest absolute Gasteiger partial charge is 0.307 e. The van der Waals surface area contributed by atoms with Gasteiger partial charge in [-0.2, -0.15) is 0 Å². The van der Waals surface area contributed by atoms with Crippen molar-refractivity contribution in [3.8, 4) is 0 Å². The summed E-state index contributed by atoms with van der Waals surface area (Å²) in [5.41, 5.74) is 0.751. The van der Waals surface area contributed by atoms with Gasteiger partial charge < -0.3 is 5.32 Å². The molecule has 1 aromatic rings. The van der Waals surface area contributed by atoms with Crippen molar-refractivity contribution < 1.29 is 4.79 Å². The first kappa shape index (κ1) is 13.2. The lowest BCUT2D eigenvalue weighted by molar-refractivity contribution is 0.0951. The highest BCUT2D eigenvalue weighted by Crippen LogP contribution is 2.04. The third-order valence-corrected chi connectivity index (χ3v) is 2.66. The van der Waals surface area contributed by atoms with E-state index in [-0.39, 0.29) is 17.2 Å². The van der Waals surface area contributed by atoms with E-state index in [0.717, 1.165) is 18.5 Å². The van der Waals surface area contributed by atoms with Crippen molar-refractivity contribution in [2.24, 2.45) is 0 Å². The number of ketones is 1. The predicted octanol–water partition coefficient (Wildman–Crippen LogP) is 2.86. The van der Waals surface area contributed by atoms with Gasteiger partial charge in [0.2, 0.25) is 0 Å². The van der Waals surface area contributed by atoms with Crippen molar-refractivity contribution in [2.75, 3.05) is 6.54 Å². The lowest BCUT2D eigenvalue weighted by Crippen LogP contribution is -2.35. The summed E-state index contributed by atoms with van der Waals surface area (Å²) in [6.07, 6.45) is 0.869. The highest BCUT2D eigenvalue weighted by atomic mass is 35.5. The molecule has 0 fully saturated rings. The number of carbonyl (C=O) groups is 1. The number of rotatable bonds is 6. The van der Waals surface area contributed by atoms with Crippen molar-refractivity contribution in [1.82, 2.24) is 5.32 Å². The fraction of sp³-hybridized carbons (Fsp3) is 0.462. The summed E-state index contributed by atoms with van der Waals surface area (Å²) in [7, 11) is 0. The molecule has 0 bridgehead atoms. The molecule has 0 aliphatic heterocycles. The van der Waals surface area contributed by atoms with Crippen LogP contribution in [0.15, 0.2) is 30.3 Å². The van der Waals surface area contributed by atoms with Crippen molar-refractivity contribution in [2.45, 2.75) is 31.7 Å². The Labute approximate surface area is 102 Å². The lowest BCUT2D eigenvalue weighted by Gasteiger charge is -2.13. The van der Waals surface area contributed by atoms with Crippen LogP contribution >= 0.6 is 11.6 Å². The van der Waals surface area contributed by atoms with E-state index in [4.69, 9.17) is 11.6 Å². The van der Waals surface area contributed by atoms with E-state index in [2.05, 4.69) is 5.32 Å². The number of alkyl halides is 1. The van der Waals surface area contributed by atoms with E-state index < -0.39 is 0 Å². The summed E-state index contributed by atoms with van der Waals surface area (Å²) in [6.45, 7) is 4.60. The topological polar surface area (TPSA) is 29.1 Å². The summed E-state index contributed by atoms with van der Waals surface area (Å²) in [5.74, 6) is 0.128. The lowest BCUT2D eigenvalue weighted by atomic mass is 10.1. The van der Waals surface area contributed by atoms with Crippen LogP contribution in [0.1, 0.15) is 30.6 Å². The zero-order valence-corrected chi connectivity index (χ0v) is 10.5. The van der Waals surface area contributed by atoms with Crippen molar-refractivity contribution in [3.63, 3.8) is 0 Å². The van der Waals surface area contributed by atoms with Gasteiger partial charge in [-0.3, -0.25) is 4.79 Å². The van der Waals surface area contributed by atoms with Gasteiger partial charge in [-0.25, -0.2) is 0 Å². The van der Waals surface area contributed by atoms with Gasteiger partial charge in [0.25, 0.3) is 0 Å². The maximum Gasteiger partial charge on any atom is 0.179 e. The zero-order chi connectivity index (χ0) is 12.0. The van der Waals surface area contributed by atoms with Crippen LogP contribution < -0.4 is 5.32 Å². The molecule has 2 unspecified atom stereocenters. The maximum atomic E-state index is 11.9. The molecule has 1 aromatic carbocycles. The Morgan fingerprint density at radius 2 is 1.94 bits per heavy atom. The summed E-state index contributed by atoms with van der Waals surface area (Å²) in [6, 6.07) is 9.18. The van der Waals surface area contributed by atoms with Crippen LogP contribution in [0, 0.1) is 0 Å². The molecule has 0 saturated carbocycles. The van der Waals surface area contributed by atoms with E-state index in [1.54, 1.807) is 0 Å². The van der Waals surface area contributed by atoms with Gasteiger partial charge in [-0.05, 0) is 26.8 Å². The Bertz CT molecular complexity index is 324. The number of benzene rings is 1. The minimum absolute atomic E-state index is 0.128. The summed E-state index contributed by atoms with van der Waals surface area (Å²) < 4.78 is 0. The number of halogens is 1. The van der Waals surface area contributed by atoms with Crippen molar-refractivity contribution in [3.05, 3.63) is 35.9 Å². The van der Waals surface area contributed by atoms with Crippen LogP contribution in [0.4, 0.5) is 0 Å². The first-order valence-electron chi connectivity index (χ1n) is 5.58. The van der Waals surface area contributed by atoms with Crippen LogP contribution in [0.5, 0.6) is 0 Å². The van der Waals surface area contributed by atoms with Crippen LogP contribution in [-0.4, -0.2) is 23.7 Å². The third kappa shape index (κ3) is 4.33. The van der Waals surface area contributed by atoms with Crippen LogP contribution in [0.25, 0.3) is 0 Å². The van der Waals surface area contributed by atoms with Crippen LogP contribution in [0.2, 0.25) is 0 Å². The first-order chi connectivity index (χ1) is 7.61. The average Bonchev–Trinajstić information content (AvgIpc) is 2.28. The summed E-state index contributed by atoms with van der Waals surface area (Å²) >= 11 is 5.83. The Hall–Kier alpha value is -0.860. The molecule has 1 rings (SSSR count). The standard InChI is InChI=1S/C13H18ClNO/c1-10(14)8-9-15-11(2)13(16)12-6-4-3-5-7-12/h3-7,10-11,15H,8-9H2,1-2H3. The Morgan fingerprint density at radius 3 is 2.50 bits per heavy atom. The van der Waals surface area contributed by atoms with E-state index >= 15 is 0 Å². The summed E-state index contributed by atoms with van der Waals surface area (Å²) in [5, 5.41) is 3.32. The van der Waals surface area contributed by atoms with Gasteiger partial charge in [0, 0.05) is 10.9 Å². The monoisotopic (exact) mass is 239 g/mol. The molecule has 0 radical (unpaired) electrons. The molecule has 3 heteroatoms. The Balaban J connectivity index is 2.43. The number of hydrogen-bond acceptors (Lipinski definition) is 2. The molecule has 88 valence electrons. The molecule has 1 N–H and O–H groups in total. The molecular formula is C13H18ClNO. The molecular weight excluding hydrogens is 222 g/mol. The van der Waals surface area contributed by atoms with Gasteiger partial charge in [0.15, 0.2) is 5.78 Å². The minimum atomic E-state index is -0.155. The molecule has 0 aliphatic rings. The quantitative estimate of drug-likeness (QED) is 0.611. The Morgan fingerprint density at radius 1 is 1.31 bits per heavy atom. The van der Waals surface area contributed by atoms with E-state index in [1.165, 1.54) is 0 Å². The first-order valence-corrected chi connectivity index (χ1v) is 6.01. The number of carbonyl (C=O) groups excluding carboxylic acids is 1. The van der Waals surface area contributed by atoms with E-state index in [0.29, 0.717) is 0 Å². The second-order valence-electron chi connectivity index (χ2n) is 3.98. The Kier molecular flexibility index (Phi) is 5.50.